The summed E-state index contributed by atoms with van der Waals surface area (Å²) in [7, 11) is 0. The molecule has 1 aromatic heterocycles. The number of carbonyl (C=O) groups is 1. The summed E-state index contributed by atoms with van der Waals surface area (Å²) in [4.78, 5) is 27.2. The minimum atomic E-state index is -0.774. The van der Waals surface area contributed by atoms with Crippen molar-refractivity contribution in [1.82, 2.24) is 10.3 Å². The molecule has 146 valence electrons. The molecule has 1 atom stereocenters. The van der Waals surface area contributed by atoms with E-state index in [1.165, 1.54) is 18.3 Å². The molecule has 0 fully saturated rings. The van der Waals surface area contributed by atoms with Gasteiger partial charge < -0.3 is 19.8 Å². The van der Waals surface area contributed by atoms with Crippen molar-refractivity contribution in [3.63, 3.8) is 0 Å². The van der Waals surface area contributed by atoms with Gasteiger partial charge in [0.15, 0.2) is 11.9 Å². The highest BCUT2D eigenvalue weighted by atomic mass is 35.5. The molecule has 1 unspecified atom stereocenters. The van der Waals surface area contributed by atoms with Gasteiger partial charge in [-0.25, -0.2) is 0 Å². The van der Waals surface area contributed by atoms with Crippen molar-refractivity contribution in [2.75, 3.05) is 6.61 Å². The molecule has 2 N–H and O–H groups in total. The van der Waals surface area contributed by atoms with E-state index in [0.29, 0.717) is 34.0 Å². The molecular weight excluding hydrogens is 391 g/mol. The summed E-state index contributed by atoms with van der Waals surface area (Å²) in [6, 6.07) is 6.16. The number of aromatic nitrogens is 1. The van der Waals surface area contributed by atoms with Crippen LogP contribution in [0, 0.1) is 5.92 Å². The van der Waals surface area contributed by atoms with Gasteiger partial charge in [0, 0.05) is 23.0 Å². The van der Waals surface area contributed by atoms with Crippen molar-refractivity contribution in [3.8, 4) is 11.5 Å². The zero-order valence-corrected chi connectivity index (χ0v) is 16.9. The molecule has 0 aliphatic carbocycles. The van der Waals surface area contributed by atoms with Crippen LogP contribution < -0.4 is 20.2 Å². The van der Waals surface area contributed by atoms with Gasteiger partial charge in [-0.3, -0.25) is 9.59 Å². The van der Waals surface area contributed by atoms with E-state index in [-0.39, 0.29) is 23.6 Å². The third kappa shape index (κ3) is 6.48. The van der Waals surface area contributed by atoms with Crippen LogP contribution in [0.25, 0.3) is 0 Å². The Hall–Kier alpha value is -2.18. The molecule has 0 spiro atoms. The standard InChI is InChI=1S/C19H22Cl2N2O4/c1-11(2)10-26-18-9-22-14(7-16(18)24)8-23-19(25)12(3)27-17-5-4-13(20)6-15(17)21/h4-7,9,11-12H,8,10H2,1-3H3,(H,22,24)(H,23,25). The summed E-state index contributed by atoms with van der Waals surface area (Å²) in [5, 5.41) is 3.51. The highest BCUT2D eigenvalue weighted by Gasteiger charge is 2.16. The van der Waals surface area contributed by atoms with Crippen molar-refractivity contribution in [3.05, 3.63) is 56.4 Å². The highest BCUT2D eigenvalue weighted by Crippen LogP contribution is 2.28. The number of H-pyrrole nitrogens is 1. The third-order valence-corrected chi connectivity index (χ3v) is 4.06. The Labute approximate surface area is 167 Å². The number of carbonyl (C=O) groups excluding carboxylic acids is 1. The van der Waals surface area contributed by atoms with Gasteiger partial charge in [0.2, 0.25) is 5.43 Å². The molecule has 2 rings (SSSR count). The van der Waals surface area contributed by atoms with Crippen molar-refractivity contribution >= 4 is 29.1 Å². The van der Waals surface area contributed by atoms with E-state index in [2.05, 4.69) is 10.3 Å². The maximum absolute atomic E-state index is 12.2. The largest absolute Gasteiger partial charge is 0.488 e. The first kappa shape index (κ1) is 21.1. The average Bonchev–Trinajstić information content (AvgIpc) is 2.61. The Morgan fingerprint density at radius 1 is 1.19 bits per heavy atom. The van der Waals surface area contributed by atoms with E-state index in [9.17, 15) is 9.59 Å². The molecule has 0 saturated carbocycles. The van der Waals surface area contributed by atoms with Crippen LogP contribution in [0.5, 0.6) is 11.5 Å². The number of ether oxygens (including phenoxy) is 2. The van der Waals surface area contributed by atoms with Crippen LogP contribution in [-0.4, -0.2) is 23.6 Å². The number of pyridine rings is 1. The summed E-state index contributed by atoms with van der Waals surface area (Å²) in [6.07, 6.45) is 0.726. The smallest absolute Gasteiger partial charge is 0.261 e. The summed E-state index contributed by atoms with van der Waals surface area (Å²) in [5.41, 5.74) is 0.317. The van der Waals surface area contributed by atoms with Crippen LogP contribution in [0.2, 0.25) is 10.0 Å². The van der Waals surface area contributed by atoms with Crippen LogP contribution in [0.15, 0.2) is 35.3 Å². The second kappa shape index (κ2) is 9.67. The van der Waals surface area contributed by atoms with Crippen LogP contribution in [0.1, 0.15) is 26.5 Å². The molecule has 0 aliphatic rings. The molecule has 27 heavy (non-hydrogen) atoms. The number of nitrogens with one attached hydrogen (secondary N) is 2. The first-order valence-corrected chi connectivity index (χ1v) is 9.25. The lowest BCUT2D eigenvalue weighted by molar-refractivity contribution is -0.127. The molecule has 0 radical (unpaired) electrons. The van der Waals surface area contributed by atoms with Crippen LogP contribution >= 0.6 is 23.2 Å². The quantitative estimate of drug-likeness (QED) is 0.690. The number of hydrogen-bond donors (Lipinski definition) is 2. The van der Waals surface area contributed by atoms with Crippen LogP contribution in [0.4, 0.5) is 0 Å². The molecule has 8 heteroatoms. The third-order valence-electron chi connectivity index (χ3n) is 3.53. The molecule has 1 aromatic carbocycles. The molecule has 0 bridgehead atoms. The molecule has 2 aromatic rings. The lowest BCUT2D eigenvalue weighted by atomic mass is 10.2. The van der Waals surface area contributed by atoms with Crippen molar-refractivity contribution < 1.29 is 14.3 Å². The zero-order chi connectivity index (χ0) is 20.0. The fourth-order valence-electron chi connectivity index (χ4n) is 2.11. The average molecular weight is 413 g/mol. The van der Waals surface area contributed by atoms with Crippen LogP contribution in [-0.2, 0) is 11.3 Å². The second-order valence-electron chi connectivity index (χ2n) is 6.44. The Morgan fingerprint density at radius 3 is 2.56 bits per heavy atom. The predicted octanol–water partition coefficient (Wildman–Crippen LogP) is 3.80. The zero-order valence-electron chi connectivity index (χ0n) is 15.3. The van der Waals surface area contributed by atoms with Gasteiger partial charge in [0.25, 0.3) is 5.91 Å². The van der Waals surface area contributed by atoms with Gasteiger partial charge in [-0.15, -0.1) is 0 Å². The normalized spacial score (nSPS) is 11.9. The number of benzene rings is 1. The van der Waals surface area contributed by atoms with Crippen molar-refractivity contribution in [1.29, 1.82) is 0 Å². The highest BCUT2D eigenvalue weighted by molar-refractivity contribution is 6.35. The van der Waals surface area contributed by atoms with E-state index in [1.54, 1.807) is 19.1 Å². The maximum Gasteiger partial charge on any atom is 0.261 e. The fraction of sp³-hybridized carbons (Fsp3) is 0.368. The Kier molecular flexibility index (Phi) is 7.56. The monoisotopic (exact) mass is 412 g/mol. The fourth-order valence-corrected chi connectivity index (χ4v) is 2.57. The number of rotatable bonds is 8. The Morgan fingerprint density at radius 2 is 1.93 bits per heavy atom. The van der Waals surface area contributed by atoms with E-state index >= 15 is 0 Å². The van der Waals surface area contributed by atoms with E-state index < -0.39 is 6.10 Å². The minimum absolute atomic E-state index is 0.153. The number of halogens is 2. The first-order chi connectivity index (χ1) is 12.8. The van der Waals surface area contributed by atoms with Gasteiger partial charge >= 0.3 is 0 Å². The summed E-state index contributed by atoms with van der Waals surface area (Å²) in [6.45, 7) is 6.21. The van der Waals surface area contributed by atoms with Crippen molar-refractivity contribution in [2.45, 2.75) is 33.4 Å². The van der Waals surface area contributed by atoms with E-state index in [4.69, 9.17) is 32.7 Å². The summed E-state index contributed by atoms with van der Waals surface area (Å²) >= 11 is 11.9. The number of aromatic amines is 1. The second-order valence-corrected chi connectivity index (χ2v) is 7.29. The molecular formula is C19H22Cl2N2O4. The van der Waals surface area contributed by atoms with E-state index in [0.717, 1.165) is 0 Å². The molecule has 0 aliphatic heterocycles. The van der Waals surface area contributed by atoms with E-state index in [1.807, 2.05) is 13.8 Å². The molecule has 1 heterocycles. The minimum Gasteiger partial charge on any atom is -0.488 e. The van der Waals surface area contributed by atoms with Crippen LogP contribution in [0.3, 0.4) is 0 Å². The van der Waals surface area contributed by atoms with Gasteiger partial charge in [0.1, 0.15) is 5.75 Å². The van der Waals surface area contributed by atoms with Crippen molar-refractivity contribution in [2.24, 2.45) is 5.92 Å². The van der Waals surface area contributed by atoms with Gasteiger partial charge in [-0.2, -0.15) is 0 Å². The first-order valence-electron chi connectivity index (χ1n) is 8.50. The summed E-state index contributed by atoms with van der Waals surface area (Å²) < 4.78 is 11.0. The maximum atomic E-state index is 12.2. The molecule has 1 amide bonds. The summed E-state index contributed by atoms with van der Waals surface area (Å²) in [5.74, 6) is 0.595. The Balaban J connectivity index is 1.90. The van der Waals surface area contributed by atoms with Gasteiger partial charge in [0.05, 0.1) is 18.2 Å². The molecule has 0 saturated heterocycles. The Bertz CT molecular complexity index is 852. The SMILES string of the molecule is CC(C)COc1c[nH]c(CNC(=O)C(C)Oc2ccc(Cl)cc2Cl)cc1=O. The predicted molar refractivity (Wildman–Crippen MR) is 106 cm³/mol. The lowest BCUT2D eigenvalue weighted by Gasteiger charge is -2.16. The van der Waals surface area contributed by atoms with Gasteiger partial charge in [-0.1, -0.05) is 37.0 Å². The van der Waals surface area contributed by atoms with Gasteiger partial charge in [-0.05, 0) is 31.0 Å². The molecule has 6 nitrogen and oxygen atoms in total. The lowest BCUT2D eigenvalue weighted by Crippen LogP contribution is -2.36. The topological polar surface area (TPSA) is 80.4 Å². The number of amides is 1. The number of hydrogen-bond acceptors (Lipinski definition) is 4.